The van der Waals surface area contributed by atoms with E-state index in [1.54, 1.807) is 0 Å². The van der Waals surface area contributed by atoms with Crippen LogP contribution in [0.15, 0.2) is 0 Å². The van der Waals surface area contributed by atoms with Crippen LogP contribution in [0.2, 0.25) is 0 Å². The zero-order chi connectivity index (χ0) is 33.9. The van der Waals surface area contributed by atoms with Crippen LogP contribution in [0, 0.1) is 46.3 Å². The van der Waals surface area contributed by atoms with Gasteiger partial charge < -0.3 is 24.8 Å². The lowest BCUT2D eigenvalue weighted by Crippen LogP contribution is -2.62. The molecule has 0 amide bonds. The summed E-state index contributed by atoms with van der Waals surface area (Å²) < 4.78 is 104. The maximum absolute atomic E-state index is 13.6. The van der Waals surface area contributed by atoms with Crippen LogP contribution in [-0.4, -0.2) is 82.7 Å². The maximum Gasteiger partial charge on any atom is 0.432 e. The molecule has 45 heavy (non-hydrogen) atoms. The Morgan fingerprint density at radius 3 is 2.20 bits per heavy atom. The molecule has 4 saturated carbocycles. The Balaban J connectivity index is 1.35. The van der Waals surface area contributed by atoms with E-state index >= 15 is 0 Å². The molecule has 0 heterocycles. The molecular formula is C29H43F5O10S. The number of aliphatic hydroxyl groups is 3. The number of ether oxygens (including phenoxy) is 2. The highest BCUT2D eigenvalue weighted by atomic mass is 32.2. The third kappa shape index (κ3) is 6.59. The van der Waals surface area contributed by atoms with Crippen LogP contribution >= 0.6 is 0 Å². The molecule has 0 aromatic heterocycles. The van der Waals surface area contributed by atoms with E-state index in [1.165, 1.54) is 0 Å². The van der Waals surface area contributed by atoms with Crippen LogP contribution in [0.25, 0.3) is 0 Å². The number of fused-ring (bicyclic) bond motifs is 5. The lowest BCUT2D eigenvalue weighted by atomic mass is 9.43. The van der Waals surface area contributed by atoms with Crippen molar-refractivity contribution >= 4 is 22.1 Å². The van der Waals surface area contributed by atoms with Crippen molar-refractivity contribution in [1.29, 1.82) is 0 Å². The minimum atomic E-state index is -6.60. The number of esters is 2. The van der Waals surface area contributed by atoms with Gasteiger partial charge in [-0.3, -0.25) is 9.35 Å². The Morgan fingerprint density at radius 2 is 1.60 bits per heavy atom. The number of halogens is 5. The summed E-state index contributed by atoms with van der Waals surface area (Å²) in [6.07, 6.45) is -7.50. The second-order valence-corrected chi connectivity index (χ2v) is 15.6. The fourth-order valence-electron chi connectivity index (χ4n) is 9.52. The summed E-state index contributed by atoms with van der Waals surface area (Å²) in [6.45, 7) is 4.64. The molecule has 4 fully saturated rings. The van der Waals surface area contributed by atoms with Crippen LogP contribution < -0.4 is 0 Å². The molecule has 12 atom stereocenters. The van der Waals surface area contributed by atoms with Gasteiger partial charge in [-0.25, -0.2) is 4.79 Å². The van der Waals surface area contributed by atoms with Gasteiger partial charge in [0.25, 0.3) is 6.10 Å². The fraction of sp³-hybridized carbons (Fsp3) is 0.931. The molecule has 260 valence electrons. The zero-order valence-corrected chi connectivity index (χ0v) is 26.2. The Bertz CT molecular complexity index is 1230. The van der Waals surface area contributed by atoms with E-state index < -0.39 is 63.8 Å². The van der Waals surface area contributed by atoms with Gasteiger partial charge in [-0.1, -0.05) is 20.8 Å². The maximum atomic E-state index is 13.6. The van der Waals surface area contributed by atoms with Gasteiger partial charge in [0, 0.05) is 6.42 Å². The Kier molecular flexibility index (Phi) is 10.0. The Labute approximate surface area is 258 Å². The minimum Gasteiger partial charge on any atom is -0.454 e. The monoisotopic (exact) mass is 678 g/mol. The highest BCUT2D eigenvalue weighted by Gasteiger charge is 2.67. The summed E-state index contributed by atoms with van der Waals surface area (Å²) in [5.41, 5.74) is -0.653. The summed E-state index contributed by atoms with van der Waals surface area (Å²) >= 11 is 0. The number of rotatable bonds is 9. The van der Waals surface area contributed by atoms with Crippen molar-refractivity contribution < 1.29 is 69.3 Å². The quantitative estimate of drug-likeness (QED) is 0.160. The van der Waals surface area contributed by atoms with Gasteiger partial charge in [0.05, 0.1) is 18.3 Å². The first kappa shape index (κ1) is 36.2. The average Bonchev–Trinajstić information content (AvgIpc) is 3.27. The molecule has 10 nitrogen and oxygen atoms in total. The standard InChI is InChI=1S/C29H43F5O10S/c1-14(4-7-22(38)43-13-23(39)44-25(28(30,31)32)29(33,34)45(40,41)42)17-5-6-18-24-19(12-21(37)27(17,18)3)26(2)9-8-16(35)10-15(26)11-20(24)36/h14-21,24-25,35-37H,4-13H2,1-3H3,(H,40,41,42)/t14-,15+,16?,17-,18+,19+,20?,21?,24+,25?,26+,27-/m1/s1. The molecule has 0 aromatic rings. The molecule has 4 N–H and O–H groups in total. The smallest absolute Gasteiger partial charge is 0.432 e. The van der Waals surface area contributed by atoms with Crippen molar-refractivity contribution in [3.8, 4) is 0 Å². The number of hydrogen-bond donors (Lipinski definition) is 4. The molecule has 0 aliphatic heterocycles. The van der Waals surface area contributed by atoms with Gasteiger partial charge in [-0.15, -0.1) is 0 Å². The van der Waals surface area contributed by atoms with E-state index in [2.05, 4.69) is 16.4 Å². The molecule has 0 radical (unpaired) electrons. The number of carbonyl (C=O) groups excluding carboxylic acids is 2. The van der Waals surface area contributed by atoms with Gasteiger partial charge in [-0.05, 0) is 97.7 Å². The first-order valence-electron chi connectivity index (χ1n) is 15.4. The van der Waals surface area contributed by atoms with E-state index in [0.29, 0.717) is 25.7 Å². The number of aliphatic hydroxyl groups excluding tert-OH is 3. The van der Waals surface area contributed by atoms with Crippen molar-refractivity contribution in [3.05, 3.63) is 0 Å². The molecule has 0 aromatic carbocycles. The van der Waals surface area contributed by atoms with Gasteiger partial charge >= 0.3 is 33.5 Å². The molecule has 4 unspecified atom stereocenters. The van der Waals surface area contributed by atoms with Crippen LogP contribution in [0.4, 0.5) is 22.0 Å². The van der Waals surface area contributed by atoms with Crippen LogP contribution in [0.1, 0.15) is 78.6 Å². The molecule has 16 heteroatoms. The van der Waals surface area contributed by atoms with E-state index in [-0.39, 0.29) is 59.9 Å². The Morgan fingerprint density at radius 1 is 0.956 bits per heavy atom. The van der Waals surface area contributed by atoms with E-state index in [4.69, 9.17) is 4.55 Å². The van der Waals surface area contributed by atoms with Crippen LogP contribution in [0.5, 0.6) is 0 Å². The molecule has 4 aliphatic rings. The minimum absolute atomic E-state index is 0.0169. The summed E-state index contributed by atoms with van der Waals surface area (Å²) in [5.74, 6) is -3.03. The van der Waals surface area contributed by atoms with E-state index in [1.807, 2.05) is 13.8 Å². The number of hydrogen-bond acceptors (Lipinski definition) is 9. The second kappa shape index (κ2) is 12.4. The molecule has 4 rings (SSSR count). The predicted octanol–water partition coefficient (Wildman–Crippen LogP) is 3.86. The third-order valence-electron chi connectivity index (χ3n) is 11.9. The number of alkyl halides is 5. The SMILES string of the molecule is C[C@H](CCC(=O)OCC(=O)OC(C(F)(F)F)C(F)(F)S(=O)(=O)O)[C@H]1CC[C@H]2[C@@H]3C(O)C[C@@H]4CC(O)CC[C@]4(C)[C@H]3CC(O)[C@]12C. The predicted molar refractivity (Wildman–Crippen MR) is 146 cm³/mol. The van der Waals surface area contributed by atoms with Gasteiger partial charge in [0.1, 0.15) is 0 Å². The number of carbonyl (C=O) groups is 2. The van der Waals surface area contributed by atoms with Crippen molar-refractivity contribution in [1.82, 2.24) is 0 Å². The summed E-state index contributed by atoms with van der Waals surface area (Å²) in [4.78, 5) is 24.1. The third-order valence-corrected chi connectivity index (χ3v) is 12.8. The highest BCUT2D eigenvalue weighted by molar-refractivity contribution is 7.86. The van der Waals surface area contributed by atoms with E-state index in [0.717, 1.165) is 19.3 Å². The molecule has 0 spiro atoms. The summed E-state index contributed by atoms with van der Waals surface area (Å²) in [6, 6.07) is 0. The molecular weight excluding hydrogens is 635 g/mol. The zero-order valence-electron chi connectivity index (χ0n) is 25.4. The van der Waals surface area contributed by atoms with Crippen molar-refractivity contribution in [2.24, 2.45) is 46.3 Å². The Hall–Kier alpha value is -1.62. The van der Waals surface area contributed by atoms with Crippen molar-refractivity contribution in [2.75, 3.05) is 6.61 Å². The fourth-order valence-corrected chi connectivity index (χ4v) is 9.97. The van der Waals surface area contributed by atoms with E-state index in [9.17, 15) is 55.3 Å². The average molecular weight is 679 g/mol. The normalized spacial score (nSPS) is 40.0. The van der Waals surface area contributed by atoms with Crippen molar-refractivity contribution in [2.45, 2.75) is 114 Å². The topological polar surface area (TPSA) is 168 Å². The van der Waals surface area contributed by atoms with Crippen molar-refractivity contribution in [3.63, 3.8) is 0 Å². The lowest BCUT2D eigenvalue weighted by molar-refractivity contribution is -0.260. The molecule has 0 saturated heterocycles. The van der Waals surface area contributed by atoms with Crippen LogP contribution in [0.3, 0.4) is 0 Å². The van der Waals surface area contributed by atoms with Crippen LogP contribution in [-0.2, 0) is 29.2 Å². The summed E-state index contributed by atoms with van der Waals surface area (Å²) in [5, 5.41) is 27.4. The summed E-state index contributed by atoms with van der Waals surface area (Å²) in [7, 11) is -6.60. The first-order valence-corrected chi connectivity index (χ1v) is 16.8. The van der Waals surface area contributed by atoms with Gasteiger partial charge in [-0.2, -0.15) is 30.4 Å². The van der Waals surface area contributed by atoms with Gasteiger partial charge in [0.15, 0.2) is 6.61 Å². The van der Waals surface area contributed by atoms with Gasteiger partial charge in [0.2, 0.25) is 0 Å². The molecule has 0 bridgehead atoms. The largest absolute Gasteiger partial charge is 0.454 e. The highest BCUT2D eigenvalue weighted by Crippen LogP contribution is 2.68. The first-order chi connectivity index (χ1) is 20.5. The molecule has 4 aliphatic carbocycles. The lowest BCUT2D eigenvalue weighted by Gasteiger charge is -2.63. The second-order valence-electron chi connectivity index (χ2n) is 14.2.